The molecule has 0 aliphatic heterocycles. The van der Waals surface area contributed by atoms with E-state index in [0.717, 1.165) is 49.0 Å². The van der Waals surface area contributed by atoms with Gasteiger partial charge in [0, 0.05) is 24.3 Å². The minimum absolute atomic E-state index is 0.0611. The number of rotatable bonds is 5. The molecule has 0 bridgehead atoms. The summed E-state index contributed by atoms with van der Waals surface area (Å²) in [6.07, 6.45) is 5.28. The average Bonchev–Trinajstić information content (AvgIpc) is 3.00. The van der Waals surface area contributed by atoms with E-state index in [1.54, 1.807) is 20.8 Å². The van der Waals surface area contributed by atoms with Gasteiger partial charge in [-0.3, -0.25) is 0 Å². The zero-order valence-electron chi connectivity index (χ0n) is 15.1. The fraction of sp³-hybridized carbons (Fsp3) is 0.611. The van der Waals surface area contributed by atoms with Gasteiger partial charge in [-0.1, -0.05) is 0 Å². The largest absolute Gasteiger partial charge is 0.443 e. The topological polar surface area (TPSA) is 84.2 Å². The maximum absolute atomic E-state index is 12.3. The lowest BCUT2D eigenvalue weighted by Crippen LogP contribution is -2.46. The number of oxazole rings is 1. The third-order valence-electron chi connectivity index (χ3n) is 4.90. The van der Waals surface area contributed by atoms with Crippen LogP contribution in [0.15, 0.2) is 29.0 Å². The Morgan fingerprint density at radius 3 is 2.60 bits per heavy atom. The van der Waals surface area contributed by atoms with E-state index in [4.69, 9.17) is 4.42 Å². The molecule has 2 N–H and O–H groups in total. The van der Waals surface area contributed by atoms with Crippen LogP contribution in [-0.2, 0) is 10.0 Å². The second-order valence-electron chi connectivity index (χ2n) is 7.87. The molecule has 3 rings (SSSR count). The van der Waals surface area contributed by atoms with Gasteiger partial charge in [0.15, 0.2) is 12.0 Å². The summed E-state index contributed by atoms with van der Waals surface area (Å²) in [6, 6.07) is 5.98. The summed E-state index contributed by atoms with van der Waals surface area (Å²) in [5.41, 5.74) is 2.67. The fourth-order valence-corrected chi connectivity index (χ4v) is 4.14. The Hall–Kier alpha value is -1.60. The van der Waals surface area contributed by atoms with Crippen molar-refractivity contribution in [1.29, 1.82) is 0 Å². The second-order valence-corrected chi connectivity index (χ2v) is 10.3. The molecule has 7 heteroatoms. The second kappa shape index (κ2) is 6.96. The Kier molecular flexibility index (Phi) is 5.06. The van der Waals surface area contributed by atoms with Gasteiger partial charge >= 0.3 is 0 Å². The number of aromatic nitrogens is 1. The van der Waals surface area contributed by atoms with Crippen LogP contribution in [0.1, 0.15) is 46.5 Å². The number of hydrogen-bond donors (Lipinski definition) is 2. The van der Waals surface area contributed by atoms with E-state index < -0.39 is 14.8 Å². The number of anilines is 1. The van der Waals surface area contributed by atoms with Crippen molar-refractivity contribution in [1.82, 2.24) is 9.71 Å². The van der Waals surface area contributed by atoms with Crippen molar-refractivity contribution >= 4 is 26.8 Å². The van der Waals surface area contributed by atoms with Crippen molar-refractivity contribution in [3.8, 4) is 0 Å². The number of nitrogens with zero attached hydrogens (tertiary/aromatic N) is 1. The van der Waals surface area contributed by atoms with Gasteiger partial charge in [-0.25, -0.2) is 18.1 Å². The van der Waals surface area contributed by atoms with Crippen LogP contribution in [0.4, 0.5) is 5.69 Å². The van der Waals surface area contributed by atoms with Crippen LogP contribution >= 0.6 is 0 Å². The van der Waals surface area contributed by atoms with Crippen molar-refractivity contribution in [3.63, 3.8) is 0 Å². The van der Waals surface area contributed by atoms with Crippen molar-refractivity contribution in [2.45, 2.75) is 57.2 Å². The van der Waals surface area contributed by atoms with Crippen molar-refractivity contribution < 1.29 is 12.8 Å². The van der Waals surface area contributed by atoms with Crippen molar-refractivity contribution in [2.24, 2.45) is 5.92 Å². The smallest absolute Gasteiger partial charge is 0.216 e. The molecule has 0 radical (unpaired) electrons. The molecule has 1 fully saturated rings. The van der Waals surface area contributed by atoms with E-state index in [9.17, 15) is 8.42 Å². The summed E-state index contributed by atoms with van der Waals surface area (Å²) in [5.74, 6) is 0.556. The van der Waals surface area contributed by atoms with Gasteiger partial charge < -0.3 is 9.73 Å². The zero-order chi connectivity index (χ0) is 18.1. The van der Waals surface area contributed by atoms with E-state index >= 15 is 0 Å². The van der Waals surface area contributed by atoms with Gasteiger partial charge in [-0.2, -0.15) is 0 Å². The van der Waals surface area contributed by atoms with Crippen LogP contribution in [0, 0.1) is 5.92 Å². The van der Waals surface area contributed by atoms with Crippen LogP contribution in [0.5, 0.6) is 0 Å². The lowest BCUT2D eigenvalue weighted by atomic mass is 9.86. The minimum Gasteiger partial charge on any atom is -0.443 e. The van der Waals surface area contributed by atoms with Gasteiger partial charge in [0.1, 0.15) is 5.52 Å². The molecule has 2 aromatic rings. The molecular formula is C18H27N3O3S. The monoisotopic (exact) mass is 365 g/mol. The first kappa shape index (κ1) is 18.2. The molecule has 0 spiro atoms. The summed E-state index contributed by atoms with van der Waals surface area (Å²) in [5, 5.41) is 3.46. The maximum atomic E-state index is 12.3. The molecular weight excluding hydrogens is 338 g/mol. The van der Waals surface area contributed by atoms with Crippen molar-refractivity contribution in [3.05, 3.63) is 24.6 Å². The molecule has 0 atom stereocenters. The SMILES string of the molecule is CC(C)(C)S(=O)(=O)N[C@H]1CC[C@H](CNc2ccc3ncoc3c2)CC1. The molecule has 1 aliphatic rings. The van der Waals surface area contributed by atoms with Gasteiger partial charge in [-0.15, -0.1) is 0 Å². The van der Waals surface area contributed by atoms with Gasteiger partial charge in [0.2, 0.25) is 10.0 Å². The van der Waals surface area contributed by atoms with Crippen molar-refractivity contribution in [2.75, 3.05) is 11.9 Å². The van der Waals surface area contributed by atoms with E-state index in [2.05, 4.69) is 15.0 Å². The standard InChI is InChI=1S/C18H27N3O3S/c1-18(2,3)25(22,23)21-14-6-4-13(5-7-14)11-19-15-8-9-16-17(10-15)24-12-20-16/h8-10,12-14,19,21H,4-7,11H2,1-3H3/t13-,14-. The molecule has 138 valence electrons. The lowest BCUT2D eigenvalue weighted by molar-refractivity contribution is 0.322. The summed E-state index contributed by atoms with van der Waals surface area (Å²) in [7, 11) is -3.27. The highest BCUT2D eigenvalue weighted by Crippen LogP contribution is 2.27. The summed E-state index contributed by atoms with van der Waals surface area (Å²) in [6.45, 7) is 6.08. The summed E-state index contributed by atoms with van der Waals surface area (Å²) >= 11 is 0. The molecule has 1 aliphatic carbocycles. The lowest BCUT2D eigenvalue weighted by Gasteiger charge is -2.31. The Morgan fingerprint density at radius 2 is 1.92 bits per heavy atom. The summed E-state index contributed by atoms with van der Waals surface area (Å²) in [4.78, 5) is 4.11. The molecule has 0 saturated heterocycles. The van der Waals surface area contributed by atoms with Gasteiger partial charge in [-0.05, 0) is 64.5 Å². The first-order valence-electron chi connectivity index (χ1n) is 8.83. The fourth-order valence-electron chi connectivity index (χ4n) is 3.11. The molecule has 1 aromatic heterocycles. The highest BCUT2D eigenvalue weighted by molar-refractivity contribution is 7.90. The molecule has 0 unspecified atom stereocenters. The van der Waals surface area contributed by atoms with E-state index in [0.29, 0.717) is 5.92 Å². The van der Waals surface area contributed by atoms with Crippen LogP contribution in [0.2, 0.25) is 0 Å². The zero-order valence-corrected chi connectivity index (χ0v) is 15.9. The normalized spacial score (nSPS) is 22.2. The Bertz CT molecular complexity index is 815. The Labute approximate surface area is 149 Å². The van der Waals surface area contributed by atoms with Crippen LogP contribution < -0.4 is 10.0 Å². The average molecular weight is 365 g/mol. The first-order chi connectivity index (χ1) is 11.7. The van der Waals surface area contributed by atoms with Gasteiger partial charge in [0.05, 0.1) is 4.75 Å². The predicted molar refractivity (Wildman–Crippen MR) is 100 cm³/mol. The maximum Gasteiger partial charge on any atom is 0.216 e. The number of fused-ring (bicyclic) bond motifs is 1. The highest BCUT2D eigenvalue weighted by atomic mass is 32.2. The van der Waals surface area contributed by atoms with E-state index in [-0.39, 0.29) is 6.04 Å². The third-order valence-corrected chi connectivity index (χ3v) is 7.16. The molecule has 0 amide bonds. The molecule has 1 aromatic carbocycles. The number of sulfonamides is 1. The number of nitrogens with one attached hydrogen (secondary N) is 2. The Morgan fingerprint density at radius 1 is 1.20 bits per heavy atom. The molecule has 25 heavy (non-hydrogen) atoms. The molecule has 6 nitrogen and oxygen atoms in total. The number of benzene rings is 1. The predicted octanol–water partition coefficient (Wildman–Crippen LogP) is 3.52. The van der Waals surface area contributed by atoms with E-state index in [1.807, 2.05) is 18.2 Å². The molecule has 1 saturated carbocycles. The van der Waals surface area contributed by atoms with Crippen LogP contribution in [0.25, 0.3) is 11.1 Å². The first-order valence-corrected chi connectivity index (χ1v) is 10.3. The quantitative estimate of drug-likeness (QED) is 0.847. The van der Waals surface area contributed by atoms with E-state index in [1.165, 1.54) is 6.39 Å². The molecule has 1 heterocycles. The highest BCUT2D eigenvalue weighted by Gasteiger charge is 2.32. The summed E-state index contributed by atoms with van der Waals surface area (Å²) < 4.78 is 32.0. The third kappa shape index (κ3) is 4.33. The minimum atomic E-state index is -3.27. The number of hydrogen-bond acceptors (Lipinski definition) is 5. The van der Waals surface area contributed by atoms with Gasteiger partial charge in [0.25, 0.3) is 0 Å². The Balaban J connectivity index is 1.48. The van der Waals surface area contributed by atoms with Crippen LogP contribution in [0.3, 0.4) is 0 Å². The van der Waals surface area contributed by atoms with Crippen LogP contribution in [-0.4, -0.2) is 30.7 Å².